The lowest BCUT2D eigenvalue weighted by Gasteiger charge is -2.30. The molecule has 1 amide bonds. The lowest BCUT2D eigenvalue weighted by Crippen LogP contribution is -2.42. The molecule has 5 nitrogen and oxygen atoms in total. The molecule has 0 N–H and O–H groups in total. The molecule has 1 heterocycles. The van der Waals surface area contributed by atoms with Crippen LogP contribution >= 0.6 is 0 Å². The van der Waals surface area contributed by atoms with Crippen LogP contribution in [0.1, 0.15) is 42.7 Å². The third kappa shape index (κ3) is 5.96. The Balaban J connectivity index is 1.56. The summed E-state index contributed by atoms with van der Waals surface area (Å²) >= 11 is 0. The number of amides is 1. The van der Waals surface area contributed by atoms with Gasteiger partial charge in [0.25, 0.3) is 0 Å². The molecular weight excluding hydrogens is 412 g/mol. The molecule has 2 aromatic rings. The number of benzene rings is 2. The molecule has 4 rings (SSSR count). The van der Waals surface area contributed by atoms with Crippen molar-refractivity contribution in [2.24, 2.45) is 11.8 Å². The van der Waals surface area contributed by atoms with E-state index in [2.05, 4.69) is 58.3 Å². The van der Waals surface area contributed by atoms with Crippen molar-refractivity contribution in [2.45, 2.75) is 38.1 Å². The van der Waals surface area contributed by atoms with Crippen molar-refractivity contribution in [2.75, 3.05) is 47.0 Å². The zero-order valence-electron chi connectivity index (χ0n) is 20.1. The quantitative estimate of drug-likeness (QED) is 0.532. The Labute approximate surface area is 198 Å². The molecule has 5 heteroatoms. The van der Waals surface area contributed by atoms with E-state index < -0.39 is 0 Å². The highest BCUT2D eigenvalue weighted by Gasteiger charge is 2.38. The normalized spacial score (nSPS) is 21.4. The highest BCUT2D eigenvalue weighted by Crippen LogP contribution is 2.39. The van der Waals surface area contributed by atoms with E-state index in [1.54, 1.807) is 14.2 Å². The van der Waals surface area contributed by atoms with Crippen LogP contribution in [0.4, 0.5) is 0 Å². The van der Waals surface area contributed by atoms with Crippen molar-refractivity contribution < 1.29 is 14.3 Å². The second-order valence-corrected chi connectivity index (χ2v) is 9.55. The van der Waals surface area contributed by atoms with E-state index in [9.17, 15) is 4.79 Å². The minimum atomic E-state index is 0.188. The second-order valence-electron chi connectivity index (χ2n) is 9.55. The highest BCUT2D eigenvalue weighted by atomic mass is 16.5. The largest absolute Gasteiger partial charge is 0.496 e. The Morgan fingerprint density at radius 3 is 2.45 bits per heavy atom. The predicted molar refractivity (Wildman–Crippen MR) is 131 cm³/mol. The number of para-hydroxylation sites is 1. The molecule has 0 aromatic heterocycles. The van der Waals surface area contributed by atoms with Crippen LogP contribution in [0.2, 0.25) is 0 Å². The number of methoxy groups -OCH3 is 2. The van der Waals surface area contributed by atoms with E-state index in [-0.39, 0.29) is 5.92 Å². The van der Waals surface area contributed by atoms with Crippen LogP contribution in [0, 0.1) is 11.8 Å². The molecule has 2 unspecified atom stereocenters. The molecule has 33 heavy (non-hydrogen) atoms. The number of ether oxygens (including phenoxy) is 2. The molecule has 2 atom stereocenters. The first kappa shape index (κ1) is 23.8. The van der Waals surface area contributed by atoms with Gasteiger partial charge in [-0.3, -0.25) is 9.69 Å². The smallest absolute Gasteiger partial charge is 0.225 e. The number of nitrogens with zero attached hydrogens (tertiary/aromatic N) is 2. The van der Waals surface area contributed by atoms with Gasteiger partial charge in [-0.2, -0.15) is 0 Å². The van der Waals surface area contributed by atoms with Gasteiger partial charge in [-0.15, -0.1) is 0 Å². The highest BCUT2D eigenvalue weighted by molar-refractivity contribution is 5.79. The van der Waals surface area contributed by atoms with Gasteiger partial charge in [0.2, 0.25) is 5.91 Å². The number of rotatable bonds is 10. The summed E-state index contributed by atoms with van der Waals surface area (Å²) in [7, 11) is 3.46. The van der Waals surface area contributed by atoms with Crippen molar-refractivity contribution in [3.05, 3.63) is 65.7 Å². The fourth-order valence-electron chi connectivity index (χ4n) is 5.65. The summed E-state index contributed by atoms with van der Waals surface area (Å²) in [6.07, 6.45) is 4.41. The zero-order valence-corrected chi connectivity index (χ0v) is 20.1. The third-order valence-electron chi connectivity index (χ3n) is 7.34. The number of hydrogen-bond acceptors (Lipinski definition) is 4. The molecule has 1 saturated carbocycles. The molecular formula is C28H38N2O3. The molecule has 2 aromatic carbocycles. The van der Waals surface area contributed by atoms with Crippen LogP contribution in [0.3, 0.4) is 0 Å². The molecule has 178 valence electrons. The molecule has 2 fully saturated rings. The average molecular weight is 451 g/mol. The Bertz CT molecular complexity index is 882. The van der Waals surface area contributed by atoms with Crippen LogP contribution in [-0.4, -0.2) is 62.7 Å². The van der Waals surface area contributed by atoms with E-state index in [1.165, 1.54) is 24.0 Å². The monoisotopic (exact) mass is 450 g/mol. The number of hydrogen-bond donors (Lipinski definition) is 0. The van der Waals surface area contributed by atoms with E-state index in [4.69, 9.17) is 9.47 Å². The van der Waals surface area contributed by atoms with Gasteiger partial charge in [-0.25, -0.2) is 0 Å². The lowest BCUT2D eigenvalue weighted by atomic mass is 9.87. The first-order valence-corrected chi connectivity index (χ1v) is 12.4. The fraction of sp³-hybridized carbons (Fsp3) is 0.536. The minimum Gasteiger partial charge on any atom is -0.496 e. The summed E-state index contributed by atoms with van der Waals surface area (Å²) < 4.78 is 11.1. The molecule has 1 aliphatic heterocycles. The van der Waals surface area contributed by atoms with Crippen LogP contribution in [0.15, 0.2) is 54.6 Å². The topological polar surface area (TPSA) is 42.0 Å². The van der Waals surface area contributed by atoms with E-state index in [1.807, 2.05) is 6.07 Å². The minimum absolute atomic E-state index is 0.188. The van der Waals surface area contributed by atoms with E-state index in [0.29, 0.717) is 30.9 Å². The summed E-state index contributed by atoms with van der Waals surface area (Å²) in [6.45, 7) is 4.89. The lowest BCUT2D eigenvalue weighted by molar-refractivity contribution is -0.136. The SMILES string of the molecule is COCCN(CC1CN(Cc2ccccc2)CC1c1ccccc1OC)C(=O)C1CCCC1. The summed E-state index contributed by atoms with van der Waals surface area (Å²) in [5, 5.41) is 0. The van der Waals surface area contributed by atoms with Crippen LogP contribution in [0.25, 0.3) is 0 Å². The van der Waals surface area contributed by atoms with Gasteiger partial charge in [0, 0.05) is 51.7 Å². The van der Waals surface area contributed by atoms with Gasteiger partial charge < -0.3 is 14.4 Å². The number of carbonyl (C=O) groups excluding carboxylic acids is 1. The number of likely N-dealkylation sites (tertiary alicyclic amines) is 1. The van der Waals surface area contributed by atoms with Crippen molar-refractivity contribution in [3.63, 3.8) is 0 Å². The average Bonchev–Trinajstić information content (AvgIpc) is 3.52. The summed E-state index contributed by atoms with van der Waals surface area (Å²) in [4.78, 5) is 18.0. The Kier molecular flexibility index (Phi) is 8.40. The van der Waals surface area contributed by atoms with Gasteiger partial charge >= 0.3 is 0 Å². The van der Waals surface area contributed by atoms with Gasteiger partial charge in [0.1, 0.15) is 5.75 Å². The molecule has 0 spiro atoms. The molecule has 2 aliphatic rings. The molecule has 1 saturated heterocycles. The van der Waals surface area contributed by atoms with Crippen molar-refractivity contribution in [1.29, 1.82) is 0 Å². The van der Waals surface area contributed by atoms with Gasteiger partial charge in [0.05, 0.1) is 13.7 Å². The molecule has 0 bridgehead atoms. The summed E-state index contributed by atoms with van der Waals surface area (Å²) in [5.41, 5.74) is 2.58. The van der Waals surface area contributed by atoms with Gasteiger partial charge in [-0.05, 0) is 36.0 Å². The first-order chi connectivity index (χ1) is 16.2. The van der Waals surface area contributed by atoms with E-state index >= 15 is 0 Å². The second kappa shape index (κ2) is 11.7. The fourth-order valence-corrected chi connectivity index (χ4v) is 5.65. The Hall–Kier alpha value is -2.37. The van der Waals surface area contributed by atoms with Gasteiger partial charge in [0.15, 0.2) is 0 Å². The van der Waals surface area contributed by atoms with Gasteiger partial charge in [-0.1, -0.05) is 61.4 Å². The predicted octanol–water partition coefficient (Wildman–Crippen LogP) is 4.58. The summed E-state index contributed by atoms with van der Waals surface area (Å²) in [6, 6.07) is 19.0. The van der Waals surface area contributed by atoms with Crippen LogP contribution in [0.5, 0.6) is 5.75 Å². The number of carbonyl (C=O) groups is 1. The van der Waals surface area contributed by atoms with Crippen LogP contribution in [-0.2, 0) is 16.1 Å². The zero-order chi connectivity index (χ0) is 23.0. The maximum atomic E-state index is 13.4. The van der Waals surface area contributed by atoms with Crippen molar-refractivity contribution in [3.8, 4) is 5.75 Å². The van der Waals surface area contributed by atoms with Crippen molar-refractivity contribution >= 4 is 5.91 Å². The van der Waals surface area contributed by atoms with Crippen LogP contribution < -0.4 is 4.74 Å². The Morgan fingerprint density at radius 2 is 1.73 bits per heavy atom. The van der Waals surface area contributed by atoms with E-state index in [0.717, 1.165) is 44.8 Å². The van der Waals surface area contributed by atoms with Crippen molar-refractivity contribution in [1.82, 2.24) is 9.80 Å². The molecule has 1 aliphatic carbocycles. The standard InChI is InChI=1S/C28H38N2O3/c1-32-17-16-30(28(31)23-12-6-7-13-23)20-24-19-29(18-22-10-4-3-5-11-22)21-26(24)25-14-8-9-15-27(25)33-2/h3-5,8-11,14-15,23-24,26H,6-7,12-13,16-21H2,1-2H3. The third-order valence-corrected chi connectivity index (χ3v) is 7.34. The maximum absolute atomic E-state index is 13.4. The Morgan fingerprint density at radius 1 is 1.00 bits per heavy atom. The summed E-state index contributed by atoms with van der Waals surface area (Å²) in [5.74, 6) is 2.14. The maximum Gasteiger partial charge on any atom is 0.225 e. The molecule has 0 radical (unpaired) electrons. The first-order valence-electron chi connectivity index (χ1n) is 12.4.